The fraction of sp³-hybridized carbons (Fsp3) is 0.414. The summed E-state index contributed by atoms with van der Waals surface area (Å²) in [5.41, 5.74) is 4.78. The average Bonchev–Trinajstić information content (AvgIpc) is 2.91. The fourth-order valence-corrected chi connectivity index (χ4v) is 5.02. The van der Waals surface area contributed by atoms with Crippen LogP contribution in [0, 0.1) is 0 Å². The lowest BCUT2D eigenvalue weighted by Gasteiger charge is -2.32. The van der Waals surface area contributed by atoms with Crippen molar-refractivity contribution in [3.05, 3.63) is 65.2 Å². The molecule has 184 valence electrons. The number of pyridine rings is 1. The summed E-state index contributed by atoms with van der Waals surface area (Å²) >= 11 is 0. The molecule has 0 aliphatic carbocycles. The Kier molecular flexibility index (Phi) is 7.50. The minimum Gasteiger partial charge on any atom is -0.486 e. The monoisotopic (exact) mass is 473 g/mol. The number of rotatable bonds is 8. The Labute approximate surface area is 207 Å². The molecule has 0 atom stereocenters. The molecule has 35 heavy (non-hydrogen) atoms. The number of likely N-dealkylation sites (tertiary alicyclic amines) is 1. The Hall–Kier alpha value is -3.09. The number of aromatic nitrogens is 1. The van der Waals surface area contributed by atoms with E-state index in [0.29, 0.717) is 25.1 Å². The number of nitrogens with one attached hydrogen (secondary N) is 1. The molecule has 6 heteroatoms. The van der Waals surface area contributed by atoms with Gasteiger partial charge in [0, 0.05) is 30.6 Å². The lowest BCUT2D eigenvalue weighted by atomic mass is 10.00. The summed E-state index contributed by atoms with van der Waals surface area (Å²) in [4.78, 5) is 7.37. The van der Waals surface area contributed by atoms with Crippen LogP contribution in [0.1, 0.15) is 36.5 Å². The fourth-order valence-electron chi connectivity index (χ4n) is 5.02. The average molecular weight is 474 g/mol. The van der Waals surface area contributed by atoms with E-state index in [1.54, 1.807) is 7.11 Å². The lowest BCUT2D eigenvalue weighted by molar-refractivity contribution is 0.171. The molecule has 2 aliphatic rings. The molecule has 2 aromatic carbocycles. The molecule has 6 nitrogen and oxygen atoms in total. The van der Waals surface area contributed by atoms with Gasteiger partial charge in [0.25, 0.3) is 0 Å². The molecule has 1 N–H and O–H groups in total. The van der Waals surface area contributed by atoms with Gasteiger partial charge in [-0.2, -0.15) is 0 Å². The summed E-state index contributed by atoms with van der Waals surface area (Å²) in [7, 11) is 1.68. The third kappa shape index (κ3) is 5.60. The van der Waals surface area contributed by atoms with Crippen LogP contribution < -0.4 is 19.5 Å². The predicted molar refractivity (Wildman–Crippen MR) is 140 cm³/mol. The van der Waals surface area contributed by atoms with Crippen molar-refractivity contribution in [3.63, 3.8) is 0 Å². The summed E-state index contributed by atoms with van der Waals surface area (Å²) in [6.45, 7) is 7.44. The summed E-state index contributed by atoms with van der Waals surface area (Å²) in [6.07, 6.45) is 7.53. The third-order valence-corrected chi connectivity index (χ3v) is 6.99. The zero-order valence-corrected chi connectivity index (χ0v) is 20.8. The number of ether oxygens (including phenoxy) is 3. The van der Waals surface area contributed by atoms with Crippen LogP contribution in [-0.2, 0) is 13.0 Å². The Morgan fingerprint density at radius 3 is 2.69 bits per heavy atom. The van der Waals surface area contributed by atoms with Crippen LogP contribution in [0.2, 0.25) is 0 Å². The van der Waals surface area contributed by atoms with Crippen molar-refractivity contribution in [2.24, 2.45) is 0 Å². The van der Waals surface area contributed by atoms with Gasteiger partial charge in [0.1, 0.15) is 13.2 Å². The van der Waals surface area contributed by atoms with E-state index >= 15 is 0 Å². The van der Waals surface area contributed by atoms with Crippen LogP contribution in [0.3, 0.4) is 0 Å². The minimum absolute atomic E-state index is 0.548. The van der Waals surface area contributed by atoms with E-state index in [0.717, 1.165) is 62.5 Å². The molecular weight excluding hydrogens is 438 g/mol. The first kappa shape index (κ1) is 23.6. The molecule has 0 radical (unpaired) electrons. The second kappa shape index (κ2) is 11.1. The highest BCUT2D eigenvalue weighted by Gasteiger charge is 2.20. The molecule has 1 fully saturated rings. The zero-order valence-electron chi connectivity index (χ0n) is 20.8. The smallest absolute Gasteiger partial charge is 0.213 e. The van der Waals surface area contributed by atoms with Crippen LogP contribution in [-0.4, -0.2) is 55.9 Å². The number of hydrogen-bond donors (Lipinski definition) is 1. The van der Waals surface area contributed by atoms with Gasteiger partial charge in [-0.1, -0.05) is 30.4 Å². The standard InChI is InChI=1S/C29H35N3O3/c1-3-4-22-6-7-23(29-25(22)8-10-28(31-29)33-2)11-14-32-15-12-24(13-16-32)30-20-21-5-9-26-27(19-21)35-18-17-34-26/h3-10,19,24,30H,11-18,20H2,1-2H3/b4-3+. The SMILES string of the molecule is C/C=C/c1ccc(CCN2CCC(NCc3ccc4c(c3)OCCO4)CC2)c2nc(OC)ccc12. The number of fused-ring (bicyclic) bond motifs is 2. The first-order valence-corrected chi connectivity index (χ1v) is 12.7. The van der Waals surface area contributed by atoms with Crippen LogP contribution >= 0.6 is 0 Å². The van der Waals surface area contributed by atoms with Crippen molar-refractivity contribution in [3.8, 4) is 17.4 Å². The molecular formula is C29H35N3O3. The Bertz CT molecular complexity index is 1190. The van der Waals surface area contributed by atoms with E-state index in [-0.39, 0.29) is 0 Å². The van der Waals surface area contributed by atoms with Gasteiger partial charge in [0.15, 0.2) is 11.5 Å². The van der Waals surface area contributed by atoms with E-state index in [4.69, 9.17) is 19.2 Å². The van der Waals surface area contributed by atoms with Crippen molar-refractivity contribution >= 4 is 17.0 Å². The van der Waals surface area contributed by atoms with Crippen molar-refractivity contribution in [2.45, 2.75) is 38.8 Å². The van der Waals surface area contributed by atoms with E-state index in [2.05, 4.69) is 52.7 Å². The summed E-state index contributed by atoms with van der Waals surface area (Å²) < 4.78 is 16.8. The maximum absolute atomic E-state index is 5.72. The molecule has 0 unspecified atom stereocenters. The molecule has 0 saturated carbocycles. The maximum Gasteiger partial charge on any atom is 0.213 e. The van der Waals surface area contributed by atoms with Gasteiger partial charge >= 0.3 is 0 Å². The molecule has 1 aromatic heterocycles. The summed E-state index contributed by atoms with van der Waals surface area (Å²) in [6, 6.07) is 15.3. The highest BCUT2D eigenvalue weighted by molar-refractivity contribution is 5.90. The van der Waals surface area contributed by atoms with Gasteiger partial charge in [-0.25, -0.2) is 4.98 Å². The van der Waals surface area contributed by atoms with Crippen molar-refractivity contribution in [2.75, 3.05) is 40.0 Å². The number of hydrogen-bond acceptors (Lipinski definition) is 6. The first-order chi connectivity index (χ1) is 17.2. The van der Waals surface area contributed by atoms with Gasteiger partial charge in [-0.05, 0) is 74.2 Å². The first-order valence-electron chi connectivity index (χ1n) is 12.7. The molecule has 2 aliphatic heterocycles. The van der Waals surface area contributed by atoms with Gasteiger partial charge < -0.3 is 24.4 Å². The lowest BCUT2D eigenvalue weighted by Crippen LogP contribution is -2.42. The van der Waals surface area contributed by atoms with Gasteiger partial charge in [0.2, 0.25) is 5.88 Å². The van der Waals surface area contributed by atoms with Crippen LogP contribution in [0.25, 0.3) is 17.0 Å². The summed E-state index contributed by atoms with van der Waals surface area (Å²) in [5, 5.41) is 4.92. The minimum atomic E-state index is 0.548. The van der Waals surface area contributed by atoms with E-state index < -0.39 is 0 Å². The van der Waals surface area contributed by atoms with Crippen molar-refractivity contribution in [1.82, 2.24) is 15.2 Å². The molecule has 0 amide bonds. The Morgan fingerprint density at radius 1 is 1.06 bits per heavy atom. The molecule has 1 saturated heterocycles. The highest BCUT2D eigenvalue weighted by atomic mass is 16.6. The van der Waals surface area contributed by atoms with E-state index in [1.807, 2.05) is 19.1 Å². The summed E-state index contributed by atoms with van der Waals surface area (Å²) in [5.74, 6) is 2.39. The molecule has 3 aromatic rings. The van der Waals surface area contributed by atoms with Gasteiger partial charge in [0.05, 0.1) is 12.6 Å². The quantitative estimate of drug-likeness (QED) is 0.505. The Morgan fingerprint density at radius 2 is 1.89 bits per heavy atom. The third-order valence-electron chi connectivity index (χ3n) is 6.99. The van der Waals surface area contributed by atoms with E-state index in [1.165, 1.54) is 22.1 Å². The van der Waals surface area contributed by atoms with Crippen LogP contribution in [0.15, 0.2) is 48.5 Å². The second-order valence-corrected chi connectivity index (χ2v) is 9.29. The second-order valence-electron chi connectivity index (χ2n) is 9.29. The molecule has 0 bridgehead atoms. The normalized spacial score (nSPS) is 16.7. The van der Waals surface area contributed by atoms with Gasteiger partial charge in [-0.15, -0.1) is 0 Å². The topological polar surface area (TPSA) is 55.9 Å². The maximum atomic E-state index is 5.72. The molecule has 5 rings (SSSR count). The molecule has 0 spiro atoms. The van der Waals surface area contributed by atoms with Crippen LogP contribution in [0.5, 0.6) is 17.4 Å². The predicted octanol–water partition coefficient (Wildman–Crippen LogP) is 4.84. The van der Waals surface area contributed by atoms with Crippen LogP contribution in [0.4, 0.5) is 0 Å². The van der Waals surface area contributed by atoms with Crippen molar-refractivity contribution < 1.29 is 14.2 Å². The molecule has 3 heterocycles. The zero-order chi connectivity index (χ0) is 24.0. The highest BCUT2D eigenvalue weighted by Crippen LogP contribution is 2.31. The Balaban J connectivity index is 1.14. The number of piperidine rings is 1. The van der Waals surface area contributed by atoms with Gasteiger partial charge in [-0.3, -0.25) is 0 Å². The van der Waals surface area contributed by atoms with Crippen molar-refractivity contribution in [1.29, 1.82) is 0 Å². The number of allylic oxidation sites excluding steroid dienone is 1. The number of methoxy groups -OCH3 is 1. The largest absolute Gasteiger partial charge is 0.486 e. The number of benzene rings is 2. The van der Waals surface area contributed by atoms with E-state index in [9.17, 15) is 0 Å². The number of nitrogens with zero attached hydrogens (tertiary/aromatic N) is 2.